The van der Waals surface area contributed by atoms with E-state index in [0.29, 0.717) is 12.3 Å². The van der Waals surface area contributed by atoms with Gasteiger partial charge in [0.05, 0.1) is 6.04 Å². The topological polar surface area (TPSA) is 66.9 Å². The van der Waals surface area contributed by atoms with Gasteiger partial charge in [-0.2, -0.15) is 0 Å². The Kier molecular flexibility index (Phi) is 4.62. The Morgan fingerprint density at radius 2 is 2.00 bits per heavy atom. The minimum absolute atomic E-state index is 0.0605. The second kappa shape index (κ2) is 7.06. The third kappa shape index (κ3) is 4.03. The standard InChI is InChI=1S/C21H26N4O/c1-13-4-3-5-16(10-13)18(24-21(26)15-8-9-15)11-17-12-19(22-2)25-20(23-17)14-6-7-14/h3-5,10,12,14-15,18H,6-9,11H2,1-2H3,(H,24,26)(H,22,23,25)/t18-/m0/s1. The fourth-order valence-corrected chi connectivity index (χ4v) is 3.26. The molecule has 1 amide bonds. The van der Waals surface area contributed by atoms with Gasteiger partial charge in [-0.15, -0.1) is 0 Å². The molecule has 2 N–H and O–H groups in total. The van der Waals surface area contributed by atoms with E-state index in [1.165, 1.54) is 18.4 Å². The zero-order valence-corrected chi connectivity index (χ0v) is 15.5. The molecule has 2 aliphatic rings. The average molecular weight is 350 g/mol. The molecule has 2 saturated carbocycles. The molecule has 136 valence electrons. The Hall–Kier alpha value is -2.43. The van der Waals surface area contributed by atoms with Crippen molar-refractivity contribution in [2.45, 2.75) is 51.0 Å². The summed E-state index contributed by atoms with van der Waals surface area (Å²) in [6.07, 6.45) is 5.04. The Morgan fingerprint density at radius 1 is 1.19 bits per heavy atom. The highest BCUT2D eigenvalue weighted by Gasteiger charge is 2.32. The van der Waals surface area contributed by atoms with Crippen molar-refractivity contribution in [3.8, 4) is 0 Å². The van der Waals surface area contributed by atoms with Crippen molar-refractivity contribution >= 4 is 11.7 Å². The normalized spacial score (nSPS) is 17.6. The third-order valence-corrected chi connectivity index (χ3v) is 5.12. The lowest BCUT2D eigenvalue weighted by molar-refractivity contribution is -0.123. The van der Waals surface area contributed by atoms with E-state index in [0.717, 1.165) is 35.7 Å². The molecule has 1 heterocycles. The molecular weight excluding hydrogens is 324 g/mol. The SMILES string of the molecule is CNc1cc(C[C@H](NC(=O)C2CC2)c2cccc(C)c2)nc(C2CC2)n1. The van der Waals surface area contributed by atoms with Crippen molar-refractivity contribution in [3.63, 3.8) is 0 Å². The number of rotatable bonds is 7. The minimum Gasteiger partial charge on any atom is -0.373 e. The van der Waals surface area contributed by atoms with Crippen molar-refractivity contribution in [1.29, 1.82) is 0 Å². The number of carbonyl (C=O) groups is 1. The van der Waals surface area contributed by atoms with Crippen LogP contribution in [-0.2, 0) is 11.2 Å². The summed E-state index contributed by atoms with van der Waals surface area (Å²) in [5.74, 6) is 2.65. The Morgan fingerprint density at radius 3 is 2.65 bits per heavy atom. The number of nitrogens with zero attached hydrogens (tertiary/aromatic N) is 2. The summed E-state index contributed by atoms with van der Waals surface area (Å²) in [4.78, 5) is 21.8. The van der Waals surface area contributed by atoms with Gasteiger partial charge in [0.15, 0.2) is 0 Å². The van der Waals surface area contributed by atoms with Gasteiger partial charge in [-0.1, -0.05) is 29.8 Å². The predicted octanol–water partition coefficient (Wildman–Crippen LogP) is 3.51. The number of anilines is 1. The fraction of sp³-hybridized carbons (Fsp3) is 0.476. The molecule has 0 radical (unpaired) electrons. The molecule has 0 aliphatic heterocycles. The fourth-order valence-electron chi connectivity index (χ4n) is 3.26. The molecule has 2 aromatic rings. The lowest BCUT2D eigenvalue weighted by atomic mass is 9.99. The average Bonchev–Trinajstić information content (AvgIpc) is 3.52. The van der Waals surface area contributed by atoms with Crippen LogP contribution in [0.5, 0.6) is 0 Å². The van der Waals surface area contributed by atoms with E-state index < -0.39 is 0 Å². The molecule has 1 aromatic carbocycles. The maximum absolute atomic E-state index is 12.4. The highest BCUT2D eigenvalue weighted by molar-refractivity contribution is 5.81. The molecule has 1 aromatic heterocycles. The number of aromatic nitrogens is 2. The first-order valence-corrected chi connectivity index (χ1v) is 9.55. The molecule has 0 bridgehead atoms. The number of aryl methyl sites for hydroxylation is 1. The molecule has 0 spiro atoms. The summed E-state index contributed by atoms with van der Waals surface area (Å²) in [7, 11) is 1.88. The summed E-state index contributed by atoms with van der Waals surface area (Å²) in [5.41, 5.74) is 3.32. The smallest absolute Gasteiger partial charge is 0.223 e. The van der Waals surface area contributed by atoms with Gasteiger partial charge in [-0.05, 0) is 38.2 Å². The summed E-state index contributed by atoms with van der Waals surface area (Å²) in [6, 6.07) is 10.3. The van der Waals surface area contributed by atoms with E-state index in [-0.39, 0.29) is 17.9 Å². The number of hydrogen-bond donors (Lipinski definition) is 2. The largest absolute Gasteiger partial charge is 0.373 e. The van der Waals surface area contributed by atoms with Crippen LogP contribution in [-0.4, -0.2) is 22.9 Å². The van der Waals surface area contributed by atoms with Gasteiger partial charge in [0, 0.05) is 37.1 Å². The molecule has 0 saturated heterocycles. The van der Waals surface area contributed by atoms with Crippen LogP contribution in [0, 0.1) is 12.8 Å². The first kappa shape index (κ1) is 17.0. The maximum atomic E-state index is 12.4. The van der Waals surface area contributed by atoms with Gasteiger partial charge in [0.2, 0.25) is 5.91 Å². The van der Waals surface area contributed by atoms with E-state index in [2.05, 4.69) is 46.8 Å². The van der Waals surface area contributed by atoms with Gasteiger partial charge in [-0.3, -0.25) is 4.79 Å². The molecule has 26 heavy (non-hydrogen) atoms. The summed E-state index contributed by atoms with van der Waals surface area (Å²) < 4.78 is 0. The van der Waals surface area contributed by atoms with Gasteiger partial charge in [0.1, 0.15) is 11.6 Å². The van der Waals surface area contributed by atoms with Gasteiger partial charge in [0.25, 0.3) is 0 Å². The first-order valence-electron chi connectivity index (χ1n) is 9.55. The lowest BCUT2D eigenvalue weighted by Crippen LogP contribution is -2.31. The van der Waals surface area contributed by atoms with E-state index in [4.69, 9.17) is 4.98 Å². The second-order valence-electron chi connectivity index (χ2n) is 7.58. The third-order valence-electron chi connectivity index (χ3n) is 5.12. The van der Waals surface area contributed by atoms with Gasteiger partial charge in [-0.25, -0.2) is 9.97 Å². The lowest BCUT2D eigenvalue weighted by Gasteiger charge is -2.20. The Balaban J connectivity index is 1.61. The second-order valence-corrected chi connectivity index (χ2v) is 7.58. The number of carbonyl (C=O) groups excluding carboxylic acids is 1. The number of amides is 1. The monoisotopic (exact) mass is 350 g/mol. The van der Waals surface area contributed by atoms with E-state index in [9.17, 15) is 4.79 Å². The molecule has 0 unspecified atom stereocenters. The van der Waals surface area contributed by atoms with E-state index in [1.807, 2.05) is 13.1 Å². The quantitative estimate of drug-likeness (QED) is 0.802. The molecule has 1 atom stereocenters. The maximum Gasteiger partial charge on any atom is 0.223 e. The Labute approximate surface area is 154 Å². The zero-order chi connectivity index (χ0) is 18.1. The highest BCUT2D eigenvalue weighted by atomic mass is 16.2. The molecule has 2 fully saturated rings. The van der Waals surface area contributed by atoms with Crippen LogP contribution in [0.15, 0.2) is 30.3 Å². The predicted molar refractivity (Wildman–Crippen MR) is 102 cm³/mol. The van der Waals surface area contributed by atoms with Crippen molar-refractivity contribution in [2.75, 3.05) is 12.4 Å². The van der Waals surface area contributed by atoms with Crippen molar-refractivity contribution < 1.29 is 4.79 Å². The first-order chi connectivity index (χ1) is 12.6. The van der Waals surface area contributed by atoms with Crippen molar-refractivity contribution in [1.82, 2.24) is 15.3 Å². The minimum atomic E-state index is -0.0605. The number of benzene rings is 1. The number of hydrogen-bond acceptors (Lipinski definition) is 4. The molecular formula is C21H26N4O. The van der Waals surface area contributed by atoms with Crippen LogP contribution in [0.4, 0.5) is 5.82 Å². The highest BCUT2D eigenvalue weighted by Crippen LogP contribution is 2.38. The van der Waals surface area contributed by atoms with E-state index >= 15 is 0 Å². The molecule has 2 aliphatic carbocycles. The molecule has 4 rings (SSSR count). The van der Waals surface area contributed by atoms with Crippen molar-refractivity contribution in [3.05, 3.63) is 53.0 Å². The summed E-state index contributed by atoms with van der Waals surface area (Å²) in [5, 5.41) is 6.40. The van der Waals surface area contributed by atoms with E-state index in [1.54, 1.807) is 0 Å². The van der Waals surface area contributed by atoms with Crippen LogP contribution in [0.1, 0.15) is 60.3 Å². The Bertz CT molecular complexity index is 811. The summed E-state index contributed by atoms with van der Waals surface area (Å²) >= 11 is 0. The van der Waals surface area contributed by atoms with Gasteiger partial charge >= 0.3 is 0 Å². The van der Waals surface area contributed by atoms with Crippen molar-refractivity contribution in [2.24, 2.45) is 5.92 Å². The zero-order valence-electron chi connectivity index (χ0n) is 15.5. The van der Waals surface area contributed by atoms with Crippen LogP contribution in [0.2, 0.25) is 0 Å². The number of nitrogens with one attached hydrogen (secondary N) is 2. The van der Waals surface area contributed by atoms with Crippen LogP contribution in [0.25, 0.3) is 0 Å². The summed E-state index contributed by atoms with van der Waals surface area (Å²) in [6.45, 7) is 2.08. The van der Waals surface area contributed by atoms with Gasteiger partial charge < -0.3 is 10.6 Å². The van der Waals surface area contributed by atoms with Crippen LogP contribution < -0.4 is 10.6 Å². The van der Waals surface area contributed by atoms with Crippen LogP contribution >= 0.6 is 0 Å². The van der Waals surface area contributed by atoms with Crippen LogP contribution in [0.3, 0.4) is 0 Å². The molecule has 5 heteroatoms. The molecule has 5 nitrogen and oxygen atoms in total.